The van der Waals surface area contributed by atoms with Crippen molar-refractivity contribution in [3.63, 3.8) is 0 Å². The zero-order valence-corrected chi connectivity index (χ0v) is 14.8. The predicted molar refractivity (Wildman–Crippen MR) is 93.4 cm³/mol. The molecule has 0 radical (unpaired) electrons. The first-order valence-corrected chi connectivity index (χ1v) is 8.06. The molecule has 1 N–H and O–H groups in total. The summed E-state index contributed by atoms with van der Waals surface area (Å²) in [6, 6.07) is 6.09. The van der Waals surface area contributed by atoms with Crippen LogP contribution in [-0.4, -0.2) is 26.2 Å². The van der Waals surface area contributed by atoms with Crippen molar-refractivity contribution in [2.45, 2.75) is 0 Å². The van der Waals surface area contributed by atoms with Crippen molar-refractivity contribution in [1.82, 2.24) is 0 Å². The summed E-state index contributed by atoms with van der Waals surface area (Å²) < 4.78 is 16.3. The molecule has 1 aliphatic heterocycles. The minimum atomic E-state index is -0.398. The van der Waals surface area contributed by atoms with Crippen molar-refractivity contribution < 1.29 is 19.0 Å². The van der Waals surface area contributed by atoms with Gasteiger partial charge in [0.05, 0.1) is 27.9 Å². The van der Waals surface area contributed by atoms with Gasteiger partial charge in [-0.15, -0.1) is 0 Å². The van der Waals surface area contributed by atoms with Gasteiger partial charge in [0.15, 0.2) is 11.5 Å². The molecular weight excluding hydrogens is 377 g/mol. The van der Waals surface area contributed by atoms with E-state index in [1.54, 1.807) is 12.1 Å². The molecule has 5 nitrogen and oxygen atoms in total. The van der Waals surface area contributed by atoms with Gasteiger partial charge in [-0.25, -0.2) is 0 Å². The van der Waals surface area contributed by atoms with Crippen LogP contribution in [0.5, 0.6) is 17.2 Å². The molecule has 2 aromatic rings. The number of amides is 1. The lowest BCUT2D eigenvalue weighted by Crippen LogP contribution is -2.18. The second kappa shape index (κ2) is 6.97. The number of carbonyl (C=O) groups is 1. The Morgan fingerprint density at radius 1 is 1.04 bits per heavy atom. The van der Waals surface area contributed by atoms with Crippen molar-refractivity contribution in [3.8, 4) is 17.2 Å². The maximum Gasteiger partial charge on any atom is 0.255 e. The van der Waals surface area contributed by atoms with Crippen molar-refractivity contribution >= 4 is 46.4 Å². The number of hydrogen-bond acceptors (Lipinski definition) is 4. The van der Waals surface area contributed by atoms with Crippen molar-refractivity contribution in [3.05, 3.63) is 44.9 Å². The monoisotopic (exact) mass is 387 g/mol. The van der Waals surface area contributed by atoms with Crippen LogP contribution in [0.15, 0.2) is 24.3 Å². The standard InChI is InChI=1S/C16H12Cl3NO4/c1-22-13-4-8(5-14-15(13)24-3-2-23-14)16(21)20-12-7-10(18)9(17)6-11(12)19/h4-7H,2-3H2,1H3,(H,20,21). The lowest BCUT2D eigenvalue weighted by atomic mass is 10.1. The molecule has 2 aromatic carbocycles. The topological polar surface area (TPSA) is 56.8 Å². The first-order valence-electron chi connectivity index (χ1n) is 6.93. The van der Waals surface area contributed by atoms with Crippen LogP contribution in [0.4, 0.5) is 5.69 Å². The van der Waals surface area contributed by atoms with Crippen LogP contribution in [0, 0.1) is 0 Å². The molecule has 0 fully saturated rings. The number of nitrogens with one attached hydrogen (secondary N) is 1. The van der Waals surface area contributed by atoms with Gasteiger partial charge in [0.25, 0.3) is 5.91 Å². The Bertz CT molecular complexity index is 793. The van der Waals surface area contributed by atoms with E-state index in [1.165, 1.54) is 19.2 Å². The number of carbonyl (C=O) groups excluding carboxylic acids is 1. The molecule has 8 heteroatoms. The highest BCUT2D eigenvalue weighted by molar-refractivity contribution is 6.44. The molecule has 24 heavy (non-hydrogen) atoms. The first kappa shape index (κ1) is 17.0. The maximum atomic E-state index is 12.5. The lowest BCUT2D eigenvalue weighted by molar-refractivity contribution is 0.102. The summed E-state index contributed by atoms with van der Waals surface area (Å²) in [7, 11) is 1.49. The second-order valence-corrected chi connectivity index (χ2v) is 6.12. The van der Waals surface area contributed by atoms with E-state index in [-0.39, 0.29) is 10.0 Å². The number of halogens is 3. The molecule has 0 aliphatic carbocycles. The largest absolute Gasteiger partial charge is 0.493 e. The molecule has 126 valence electrons. The number of rotatable bonds is 3. The Hall–Kier alpha value is -1.82. The molecule has 0 saturated carbocycles. The molecule has 0 atom stereocenters. The normalized spacial score (nSPS) is 12.7. The third-order valence-corrected chi connectivity index (χ3v) is 4.38. The van der Waals surface area contributed by atoms with Crippen molar-refractivity contribution in [1.29, 1.82) is 0 Å². The van der Waals surface area contributed by atoms with Crippen LogP contribution in [0.2, 0.25) is 15.1 Å². The van der Waals surface area contributed by atoms with Gasteiger partial charge in [0, 0.05) is 5.56 Å². The Balaban J connectivity index is 1.92. The molecule has 0 aromatic heterocycles. The highest BCUT2D eigenvalue weighted by Gasteiger charge is 2.21. The summed E-state index contributed by atoms with van der Waals surface area (Å²) in [5, 5.41) is 3.56. The third-order valence-electron chi connectivity index (χ3n) is 3.35. The summed E-state index contributed by atoms with van der Waals surface area (Å²) in [6.45, 7) is 0.827. The Kier molecular flexibility index (Phi) is 4.94. The average molecular weight is 389 g/mol. The van der Waals surface area contributed by atoms with Crippen molar-refractivity contribution in [2.24, 2.45) is 0 Å². The number of hydrogen-bond donors (Lipinski definition) is 1. The maximum absolute atomic E-state index is 12.5. The first-order chi connectivity index (χ1) is 11.5. The van der Waals surface area contributed by atoms with Crippen LogP contribution >= 0.6 is 34.8 Å². The quantitative estimate of drug-likeness (QED) is 0.776. The fourth-order valence-corrected chi connectivity index (χ4v) is 2.81. The van der Waals surface area contributed by atoms with Gasteiger partial charge in [-0.1, -0.05) is 34.8 Å². The minimum Gasteiger partial charge on any atom is -0.493 e. The number of ether oxygens (including phenoxy) is 3. The highest BCUT2D eigenvalue weighted by atomic mass is 35.5. The van der Waals surface area contributed by atoms with Gasteiger partial charge in [-0.05, 0) is 24.3 Å². The summed E-state index contributed by atoms with van der Waals surface area (Å²) in [5.41, 5.74) is 0.683. The molecule has 0 unspecified atom stereocenters. The van der Waals surface area contributed by atoms with Gasteiger partial charge in [0.2, 0.25) is 5.75 Å². The van der Waals surface area contributed by atoms with E-state index >= 15 is 0 Å². The Labute approximate surface area is 153 Å². The van der Waals surface area contributed by atoms with E-state index in [2.05, 4.69) is 5.32 Å². The van der Waals surface area contributed by atoms with E-state index in [0.717, 1.165) is 0 Å². The fourth-order valence-electron chi connectivity index (χ4n) is 2.22. The van der Waals surface area contributed by atoms with E-state index < -0.39 is 5.91 Å². The smallest absolute Gasteiger partial charge is 0.255 e. The number of methoxy groups -OCH3 is 1. The zero-order chi connectivity index (χ0) is 17.3. The summed E-state index contributed by atoms with van der Waals surface area (Å²) in [5.74, 6) is 0.946. The highest BCUT2D eigenvalue weighted by Crippen LogP contribution is 2.40. The summed E-state index contributed by atoms with van der Waals surface area (Å²) in [6.07, 6.45) is 0. The summed E-state index contributed by atoms with van der Waals surface area (Å²) >= 11 is 17.9. The van der Waals surface area contributed by atoms with Crippen LogP contribution in [0.25, 0.3) is 0 Å². The Morgan fingerprint density at radius 2 is 1.75 bits per heavy atom. The Morgan fingerprint density at radius 3 is 2.50 bits per heavy atom. The molecule has 0 bridgehead atoms. The van der Waals surface area contributed by atoms with Crippen LogP contribution < -0.4 is 19.5 Å². The van der Waals surface area contributed by atoms with E-state index in [9.17, 15) is 4.79 Å². The molecule has 3 rings (SSSR count). The zero-order valence-electron chi connectivity index (χ0n) is 12.5. The van der Waals surface area contributed by atoms with Gasteiger partial charge >= 0.3 is 0 Å². The van der Waals surface area contributed by atoms with Crippen LogP contribution in [0.3, 0.4) is 0 Å². The molecule has 1 amide bonds. The van der Waals surface area contributed by atoms with E-state index in [1.807, 2.05) is 0 Å². The van der Waals surface area contributed by atoms with Gasteiger partial charge in [-0.3, -0.25) is 4.79 Å². The van der Waals surface area contributed by atoms with E-state index in [4.69, 9.17) is 49.0 Å². The van der Waals surface area contributed by atoms with E-state index in [0.29, 0.717) is 46.7 Å². The molecule has 1 aliphatic rings. The average Bonchev–Trinajstić information content (AvgIpc) is 2.58. The SMILES string of the molecule is COc1cc(C(=O)Nc2cc(Cl)c(Cl)cc2Cl)cc2c1OCCO2. The third kappa shape index (κ3) is 3.34. The van der Waals surface area contributed by atoms with Crippen LogP contribution in [0.1, 0.15) is 10.4 Å². The second-order valence-electron chi connectivity index (χ2n) is 4.90. The minimum absolute atomic E-state index is 0.280. The van der Waals surface area contributed by atoms with Gasteiger partial charge in [0.1, 0.15) is 13.2 Å². The molecule has 0 spiro atoms. The summed E-state index contributed by atoms with van der Waals surface area (Å²) in [4.78, 5) is 12.5. The van der Waals surface area contributed by atoms with Gasteiger partial charge in [-0.2, -0.15) is 0 Å². The number of fused-ring (bicyclic) bond motifs is 1. The number of benzene rings is 2. The molecule has 1 heterocycles. The lowest BCUT2D eigenvalue weighted by Gasteiger charge is -2.21. The number of anilines is 1. The molecular formula is C16H12Cl3NO4. The predicted octanol–water partition coefficient (Wildman–Crippen LogP) is 4.68. The van der Waals surface area contributed by atoms with Gasteiger partial charge < -0.3 is 19.5 Å². The molecule has 0 saturated heterocycles. The van der Waals surface area contributed by atoms with Crippen LogP contribution in [-0.2, 0) is 0 Å². The fraction of sp³-hybridized carbons (Fsp3) is 0.188. The van der Waals surface area contributed by atoms with Crippen molar-refractivity contribution in [2.75, 3.05) is 25.6 Å².